The molecule has 2 heterocycles. The van der Waals surface area contributed by atoms with Gasteiger partial charge in [0.05, 0.1) is 46.1 Å². The molecule has 0 aromatic heterocycles. The fourth-order valence-electron chi connectivity index (χ4n) is 10.0. The second kappa shape index (κ2) is 10.8. The molecule has 6 fully saturated rings. The Balaban J connectivity index is 0.000000140. The maximum Gasteiger partial charge on any atom is 0.310 e. The lowest BCUT2D eigenvalue weighted by Gasteiger charge is -2.68. The first-order valence-corrected chi connectivity index (χ1v) is 16.6. The number of methoxy groups -OCH3 is 2. The maximum absolute atomic E-state index is 12.5. The van der Waals surface area contributed by atoms with Crippen LogP contribution in [0, 0.1) is 22.7 Å². The van der Waals surface area contributed by atoms with E-state index in [1.165, 1.54) is 39.9 Å². The van der Waals surface area contributed by atoms with Crippen molar-refractivity contribution in [3.63, 3.8) is 0 Å². The van der Waals surface area contributed by atoms with Gasteiger partial charge in [0.2, 0.25) is 0 Å². The van der Waals surface area contributed by atoms with E-state index in [-0.39, 0.29) is 41.7 Å². The molecule has 2 spiro atoms. The molecule has 10 unspecified atom stereocenters. The number of ether oxygens (including phenoxy) is 2. The first-order chi connectivity index (χ1) is 20.6. The van der Waals surface area contributed by atoms with Crippen LogP contribution in [0.4, 0.5) is 0 Å². The number of esters is 2. The minimum Gasteiger partial charge on any atom is -0.469 e. The van der Waals surface area contributed by atoms with E-state index in [0.717, 1.165) is 24.0 Å². The Labute approximate surface area is 272 Å². The molecule has 4 saturated carbocycles. The monoisotopic (exact) mass is 664 g/mol. The summed E-state index contributed by atoms with van der Waals surface area (Å²) in [7, 11) is 5.09. The Morgan fingerprint density at radius 1 is 0.791 bits per heavy atom. The molecule has 2 aromatic rings. The van der Waals surface area contributed by atoms with Crippen molar-refractivity contribution in [2.24, 2.45) is 22.7 Å². The van der Waals surface area contributed by atoms with E-state index >= 15 is 0 Å². The van der Waals surface area contributed by atoms with Crippen molar-refractivity contribution in [1.82, 2.24) is 10.2 Å². The van der Waals surface area contributed by atoms with E-state index in [2.05, 4.69) is 17.3 Å². The third-order valence-corrected chi connectivity index (χ3v) is 13.6. The van der Waals surface area contributed by atoms with Crippen LogP contribution in [0.5, 0.6) is 0 Å². The molecule has 10 atom stereocenters. The summed E-state index contributed by atoms with van der Waals surface area (Å²) in [4.78, 5) is 27.1. The molecule has 4 aliphatic carbocycles. The zero-order chi connectivity index (χ0) is 30.4. The molecular weight excluding hydrogens is 630 g/mol. The van der Waals surface area contributed by atoms with Crippen LogP contribution in [0.1, 0.15) is 61.5 Å². The largest absolute Gasteiger partial charge is 0.469 e. The molecule has 2 aliphatic heterocycles. The van der Waals surface area contributed by atoms with Crippen LogP contribution >= 0.6 is 46.4 Å². The Bertz CT molecular complexity index is 1490. The molecule has 6 aliphatic rings. The van der Waals surface area contributed by atoms with Crippen LogP contribution in [0.25, 0.3) is 0 Å². The number of likely N-dealkylation sites (tertiary alicyclic amines) is 1. The fraction of sp³-hybridized carbons (Fsp3) is 0.576. The molecule has 43 heavy (non-hydrogen) atoms. The summed E-state index contributed by atoms with van der Waals surface area (Å²) in [5.74, 6) is -0.122. The number of halogens is 4. The minimum absolute atomic E-state index is 0.102. The van der Waals surface area contributed by atoms with Gasteiger partial charge in [-0.15, -0.1) is 0 Å². The van der Waals surface area contributed by atoms with Gasteiger partial charge in [-0.2, -0.15) is 0 Å². The number of piperidine rings is 2. The molecule has 0 amide bonds. The van der Waals surface area contributed by atoms with Gasteiger partial charge >= 0.3 is 11.9 Å². The number of hydrogen-bond donors (Lipinski definition) is 1. The number of nitrogens with zero attached hydrogens (tertiary/aromatic N) is 1. The van der Waals surface area contributed by atoms with E-state index in [1.807, 2.05) is 36.4 Å². The van der Waals surface area contributed by atoms with Crippen molar-refractivity contribution in [3.05, 3.63) is 67.6 Å². The highest BCUT2D eigenvalue weighted by atomic mass is 35.5. The molecule has 0 radical (unpaired) electrons. The lowest BCUT2D eigenvalue weighted by atomic mass is 9.53. The predicted octanol–water partition coefficient (Wildman–Crippen LogP) is 7.12. The minimum atomic E-state index is -0.121. The summed E-state index contributed by atoms with van der Waals surface area (Å²) >= 11 is 24.4. The van der Waals surface area contributed by atoms with Crippen LogP contribution in [-0.4, -0.2) is 62.3 Å². The molecule has 1 N–H and O–H groups in total. The normalized spacial score (nSPS) is 39.6. The molecular formula is C33H36Cl4N2O4. The molecule has 8 rings (SSSR count). The van der Waals surface area contributed by atoms with Crippen LogP contribution in [-0.2, 0) is 19.1 Å². The summed E-state index contributed by atoms with van der Waals surface area (Å²) in [5.41, 5.74) is 2.81. The number of carbonyl (C=O) groups is 2. The lowest BCUT2D eigenvalue weighted by Crippen LogP contribution is -2.75. The Morgan fingerprint density at radius 3 is 1.79 bits per heavy atom. The van der Waals surface area contributed by atoms with Crippen molar-refractivity contribution in [1.29, 1.82) is 0 Å². The number of hydrogen-bond acceptors (Lipinski definition) is 6. The molecule has 2 saturated heterocycles. The average Bonchev–Trinajstić information content (AvgIpc) is 3.51. The SMILES string of the molecule is COC(=O)C1C(c2ccc(Cl)c(Cl)c2)CC23CCC2N(C)C13.COC(=O)C1C(c2ccc(Cl)c(Cl)c2)CC23CCC2NC13. The topological polar surface area (TPSA) is 67.9 Å². The van der Waals surface area contributed by atoms with Gasteiger partial charge in [0, 0.05) is 35.0 Å². The van der Waals surface area contributed by atoms with Crippen LogP contribution in [0.3, 0.4) is 0 Å². The third kappa shape index (κ3) is 4.26. The van der Waals surface area contributed by atoms with E-state index < -0.39 is 0 Å². The second-order valence-electron chi connectivity index (χ2n) is 13.4. The van der Waals surface area contributed by atoms with Gasteiger partial charge in [-0.25, -0.2) is 0 Å². The standard InChI is InChI=1S/C17H19Cl2NO2.C16H17Cl2NO2/c1-20-13-5-6-17(13)8-10(14(15(17)20)16(21)22-2)9-3-4-11(18)12(19)7-9;1-21-15(20)13-9(8-2-3-10(17)11(18)6-8)7-16-5-4-12(16)19-14(13)16/h3-4,7,10,13-15H,5-6,8H2,1-2H3;2-3,6,9,12-14,19H,4-5,7H2,1H3. The molecule has 6 nitrogen and oxygen atoms in total. The van der Waals surface area contributed by atoms with Crippen molar-refractivity contribution in [2.75, 3.05) is 21.3 Å². The highest BCUT2D eigenvalue weighted by molar-refractivity contribution is 6.42. The first kappa shape index (κ1) is 30.1. The number of nitrogens with one attached hydrogen (secondary N) is 1. The molecule has 10 heteroatoms. The van der Waals surface area contributed by atoms with Crippen molar-refractivity contribution in [2.45, 2.75) is 74.5 Å². The van der Waals surface area contributed by atoms with Gasteiger partial charge in [0.25, 0.3) is 0 Å². The highest BCUT2D eigenvalue weighted by Crippen LogP contribution is 2.70. The van der Waals surface area contributed by atoms with Gasteiger partial charge in [-0.3, -0.25) is 14.5 Å². The van der Waals surface area contributed by atoms with Crippen molar-refractivity contribution < 1.29 is 19.1 Å². The number of carbonyl (C=O) groups excluding carboxylic acids is 2. The Hall–Kier alpha value is -1.54. The summed E-state index contributed by atoms with van der Waals surface area (Å²) in [6.45, 7) is 0. The maximum atomic E-state index is 12.5. The Kier molecular flexibility index (Phi) is 7.55. The highest BCUT2D eigenvalue weighted by Gasteiger charge is 2.73. The summed E-state index contributed by atoms with van der Waals surface area (Å²) in [6.07, 6.45) is 6.98. The first-order valence-electron chi connectivity index (χ1n) is 15.1. The zero-order valence-electron chi connectivity index (χ0n) is 24.4. The Morgan fingerprint density at radius 2 is 1.33 bits per heavy atom. The van der Waals surface area contributed by atoms with Gasteiger partial charge in [0.15, 0.2) is 0 Å². The van der Waals surface area contributed by atoms with Crippen LogP contribution in [0.2, 0.25) is 20.1 Å². The van der Waals surface area contributed by atoms with E-state index in [1.54, 1.807) is 0 Å². The quantitative estimate of drug-likeness (QED) is 0.351. The van der Waals surface area contributed by atoms with Gasteiger partial charge in [0.1, 0.15) is 0 Å². The fourth-order valence-corrected chi connectivity index (χ4v) is 10.6. The zero-order valence-corrected chi connectivity index (χ0v) is 27.4. The predicted molar refractivity (Wildman–Crippen MR) is 168 cm³/mol. The van der Waals surface area contributed by atoms with Gasteiger partial charge < -0.3 is 14.8 Å². The molecule has 0 bridgehead atoms. The van der Waals surface area contributed by atoms with Crippen LogP contribution in [0.15, 0.2) is 36.4 Å². The van der Waals surface area contributed by atoms with Gasteiger partial charge in [-0.1, -0.05) is 58.5 Å². The summed E-state index contributed by atoms with van der Waals surface area (Å²) in [5, 5.41) is 5.77. The molecule has 2 aromatic carbocycles. The lowest BCUT2D eigenvalue weighted by molar-refractivity contribution is -0.193. The smallest absolute Gasteiger partial charge is 0.310 e. The van der Waals surface area contributed by atoms with Gasteiger partial charge in [-0.05, 0) is 92.8 Å². The second-order valence-corrected chi connectivity index (χ2v) is 15.1. The average molecular weight is 666 g/mol. The van der Waals surface area contributed by atoms with E-state index in [0.29, 0.717) is 49.0 Å². The van der Waals surface area contributed by atoms with E-state index in [9.17, 15) is 9.59 Å². The van der Waals surface area contributed by atoms with Crippen molar-refractivity contribution >= 4 is 58.3 Å². The molecule has 230 valence electrons. The third-order valence-electron chi connectivity index (χ3n) is 12.1. The number of benzene rings is 2. The van der Waals surface area contributed by atoms with Crippen molar-refractivity contribution in [3.8, 4) is 0 Å². The number of rotatable bonds is 4. The van der Waals surface area contributed by atoms with Crippen LogP contribution < -0.4 is 5.32 Å². The van der Waals surface area contributed by atoms with E-state index in [4.69, 9.17) is 55.9 Å². The summed E-state index contributed by atoms with van der Waals surface area (Å²) < 4.78 is 10.2. The summed E-state index contributed by atoms with van der Waals surface area (Å²) in [6, 6.07) is 13.2.